The number of aliphatic hydroxyl groups is 1. The Morgan fingerprint density at radius 2 is 1.62 bits per heavy atom. The van der Waals surface area contributed by atoms with E-state index in [0.717, 1.165) is 28.7 Å². The van der Waals surface area contributed by atoms with Crippen molar-refractivity contribution < 1.29 is 15.0 Å². The number of carboxylic acids is 1. The van der Waals surface area contributed by atoms with Gasteiger partial charge in [-0.1, -0.05) is 55.5 Å². The van der Waals surface area contributed by atoms with Crippen LogP contribution in [-0.4, -0.2) is 45.9 Å². The summed E-state index contributed by atoms with van der Waals surface area (Å²) in [5, 5.41) is 33.0. The summed E-state index contributed by atoms with van der Waals surface area (Å²) in [6.07, 6.45) is 1.43. The maximum absolute atomic E-state index is 12.2. The molecule has 0 atom stereocenters. The zero-order valence-corrected chi connectivity index (χ0v) is 22.2. The molecular weight excluding hydrogens is 468 g/mol. The molecule has 9 heteroatoms. The Hall–Kier alpha value is -3.85. The maximum Gasteiger partial charge on any atom is 0.354 e. The van der Waals surface area contributed by atoms with Crippen LogP contribution < -0.4 is 0 Å². The first-order chi connectivity index (χ1) is 17.4. The predicted molar refractivity (Wildman–Crippen MR) is 141 cm³/mol. The molecule has 0 amide bonds. The highest BCUT2D eigenvalue weighted by atomic mass is 16.4. The highest BCUT2D eigenvalue weighted by molar-refractivity contribution is 5.87. The van der Waals surface area contributed by atoms with Gasteiger partial charge in [-0.15, -0.1) is 5.10 Å². The number of aryl methyl sites for hydroxylation is 1. The van der Waals surface area contributed by atoms with Gasteiger partial charge in [0.1, 0.15) is 17.1 Å². The van der Waals surface area contributed by atoms with Gasteiger partial charge in [-0.3, -0.25) is 0 Å². The lowest BCUT2D eigenvalue weighted by atomic mass is 9.97. The molecular formula is C28H34N6O3. The van der Waals surface area contributed by atoms with Crippen molar-refractivity contribution in [3.8, 4) is 22.5 Å². The second-order valence-electron chi connectivity index (χ2n) is 10.8. The van der Waals surface area contributed by atoms with Gasteiger partial charge in [0.05, 0.1) is 5.54 Å². The van der Waals surface area contributed by atoms with Crippen LogP contribution in [-0.2, 0) is 24.1 Å². The highest BCUT2D eigenvalue weighted by Crippen LogP contribution is 2.33. The fraction of sp³-hybridized carbons (Fsp3) is 0.393. The van der Waals surface area contributed by atoms with Gasteiger partial charge in [0, 0.05) is 18.5 Å². The van der Waals surface area contributed by atoms with Crippen LogP contribution in [0.4, 0.5) is 0 Å². The van der Waals surface area contributed by atoms with E-state index in [1.807, 2.05) is 60.1 Å². The van der Waals surface area contributed by atoms with Crippen molar-refractivity contribution in [2.24, 2.45) is 0 Å². The molecule has 0 aliphatic carbocycles. The quantitative estimate of drug-likeness (QED) is 0.352. The van der Waals surface area contributed by atoms with Crippen molar-refractivity contribution in [2.75, 3.05) is 0 Å². The number of rotatable bonds is 8. The van der Waals surface area contributed by atoms with Crippen molar-refractivity contribution in [1.82, 2.24) is 29.8 Å². The van der Waals surface area contributed by atoms with Gasteiger partial charge in [-0.2, -0.15) is 0 Å². The molecule has 2 aromatic heterocycles. The van der Waals surface area contributed by atoms with Crippen molar-refractivity contribution in [3.05, 3.63) is 71.3 Å². The van der Waals surface area contributed by atoms with Gasteiger partial charge < -0.3 is 14.8 Å². The number of aromatic nitrogens is 6. The van der Waals surface area contributed by atoms with Crippen molar-refractivity contribution in [3.63, 3.8) is 0 Å². The third kappa shape index (κ3) is 5.32. The molecule has 0 saturated carbocycles. The molecule has 0 fully saturated rings. The first-order valence-corrected chi connectivity index (χ1v) is 12.4. The molecule has 4 rings (SSSR count). The molecule has 0 bridgehead atoms. The number of nitrogens with zero attached hydrogens (tertiary/aromatic N) is 6. The van der Waals surface area contributed by atoms with Crippen LogP contribution in [0.15, 0.2) is 48.5 Å². The van der Waals surface area contributed by atoms with Crippen LogP contribution in [0.2, 0.25) is 0 Å². The highest BCUT2D eigenvalue weighted by Gasteiger charge is 2.31. The number of benzene rings is 2. The van der Waals surface area contributed by atoms with E-state index in [4.69, 9.17) is 0 Å². The zero-order chi connectivity index (χ0) is 27.0. The van der Waals surface area contributed by atoms with Gasteiger partial charge in [-0.05, 0) is 68.2 Å². The molecule has 0 unspecified atom stereocenters. The summed E-state index contributed by atoms with van der Waals surface area (Å²) in [4.78, 5) is 16.7. The van der Waals surface area contributed by atoms with Crippen LogP contribution in [0, 0.1) is 0 Å². The summed E-state index contributed by atoms with van der Waals surface area (Å²) in [5.74, 6) is 0.245. The number of carbonyl (C=O) groups is 1. The van der Waals surface area contributed by atoms with Gasteiger partial charge in [0.2, 0.25) is 0 Å². The smallest absolute Gasteiger partial charge is 0.354 e. The number of hydrogen-bond donors (Lipinski definition) is 2. The van der Waals surface area contributed by atoms with Crippen LogP contribution in [0.3, 0.4) is 0 Å². The van der Waals surface area contributed by atoms with Crippen molar-refractivity contribution in [2.45, 2.75) is 72.1 Å². The second kappa shape index (κ2) is 9.89. The second-order valence-corrected chi connectivity index (χ2v) is 10.8. The molecule has 0 spiro atoms. The lowest BCUT2D eigenvalue weighted by molar-refractivity contribution is 0.0602. The van der Waals surface area contributed by atoms with E-state index in [1.54, 1.807) is 18.4 Å². The third-order valence-electron chi connectivity index (χ3n) is 6.18. The molecule has 0 saturated heterocycles. The molecule has 37 heavy (non-hydrogen) atoms. The summed E-state index contributed by atoms with van der Waals surface area (Å²) in [6.45, 7) is 11.6. The Bertz CT molecular complexity index is 1410. The summed E-state index contributed by atoms with van der Waals surface area (Å²) >= 11 is 0. The van der Waals surface area contributed by atoms with E-state index in [0.29, 0.717) is 24.6 Å². The van der Waals surface area contributed by atoms with Crippen LogP contribution in [0.5, 0.6) is 0 Å². The van der Waals surface area contributed by atoms with E-state index in [2.05, 4.69) is 41.3 Å². The van der Waals surface area contributed by atoms with Crippen LogP contribution in [0.1, 0.15) is 75.5 Å². The zero-order valence-electron chi connectivity index (χ0n) is 22.2. The number of imidazole rings is 1. The minimum absolute atomic E-state index is 0.0272. The van der Waals surface area contributed by atoms with Crippen molar-refractivity contribution in [1.29, 1.82) is 0 Å². The minimum atomic E-state index is -1.36. The van der Waals surface area contributed by atoms with E-state index in [9.17, 15) is 15.0 Å². The van der Waals surface area contributed by atoms with E-state index < -0.39 is 11.6 Å². The minimum Gasteiger partial charge on any atom is -0.477 e. The fourth-order valence-electron chi connectivity index (χ4n) is 4.44. The van der Waals surface area contributed by atoms with Gasteiger partial charge >= 0.3 is 5.97 Å². The largest absolute Gasteiger partial charge is 0.477 e. The fourth-order valence-corrected chi connectivity index (χ4v) is 4.44. The molecule has 9 nitrogen and oxygen atoms in total. The van der Waals surface area contributed by atoms with Gasteiger partial charge in [0.25, 0.3) is 0 Å². The lowest BCUT2D eigenvalue weighted by Gasteiger charge is -2.21. The lowest BCUT2D eigenvalue weighted by Crippen LogP contribution is -2.24. The normalized spacial score (nSPS) is 12.2. The monoisotopic (exact) mass is 502 g/mol. The van der Waals surface area contributed by atoms with Crippen LogP contribution in [0.25, 0.3) is 22.5 Å². The Balaban J connectivity index is 1.72. The van der Waals surface area contributed by atoms with E-state index >= 15 is 0 Å². The number of hydrogen-bond acceptors (Lipinski definition) is 6. The molecule has 2 N–H and O–H groups in total. The summed E-state index contributed by atoms with van der Waals surface area (Å²) in [6, 6.07) is 16.0. The predicted octanol–water partition coefficient (Wildman–Crippen LogP) is 4.89. The molecule has 0 aliphatic heterocycles. The number of carboxylic acid groups (broad SMARTS) is 1. The molecule has 2 aromatic carbocycles. The summed E-state index contributed by atoms with van der Waals surface area (Å²) in [7, 11) is 0. The number of aromatic carboxylic acids is 1. The van der Waals surface area contributed by atoms with Crippen LogP contribution >= 0.6 is 0 Å². The topological polar surface area (TPSA) is 119 Å². The Morgan fingerprint density at radius 1 is 0.973 bits per heavy atom. The average Bonchev–Trinajstić information content (AvgIpc) is 3.46. The first-order valence-electron chi connectivity index (χ1n) is 12.4. The molecule has 194 valence electrons. The molecule has 0 radical (unpaired) electrons. The van der Waals surface area contributed by atoms with Crippen molar-refractivity contribution >= 4 is 5.97 Å². The Morgan fingerprint density at radius 3 is 2.19 bits per heavy atom. The summed E-state index contributed by atoms with van der Waals surface area (Å²) in [5.41, 5.74) is 2.43. The van der Waals surface area contributed by atoms with E-state index in [1.165, 1.54) is 0 Å². The number of tetrazole rings is 1. The summed E-state index contributed by atoms with van der Waals surface area (Å²) < 4.78 is 3.53. The standard InChI is InChI=1S/C28H34N6O3/c1-7-10-22-29-24(28(5,6)37)23(26(35)36)33(22)17-18-13-15-19(16-14-18)20-11-8-9-12-21(20)25-30-31-32-34(25)27(2,3)4/h8-9,11-16,37H,7,10,17H2,1-6H3,(H,35,36). The maximum atomic E-state index is 12.2. The SMILES string of the molecule is CCCc1nc(C(C)(C)O)c(C(=O)O)n1Cc1ccc(-c2ccccc2-c2nnnn2C(C)(C)C)cc1. The average molecular weight is 503 g/mol. The van der Waals surface area contributed by atoms with Gasteiger partial charge in [-0.25, -0.2) is 14.5 Å². The Labute approximate surface area is 216 Å². The third-order valence-corrected chi connectivity index (χ3v) is 6.18. The first kappa shape index (κ1) is 26.2. The van der Waals surface area contributed by atoms with Gasteiger partial charge in [0.15, 0.2) is 11.5 Å². The molecule has 0 aliphatic rings. The molecule has 2 heterocycles. The Kier molecular flexibility index (Phi) is 7.01. The van der Waals surface area contributed by atoms with E-state index in [-0.39, 0.29) is 16.9 Å². The molecule has 4 aromatic rings.